The van der Waals surface area contributed by atoms with Crippen LogP contribution in [0.25, 0.3) is 21.7 Å². The van der Waals surface area contributed by atoms with Crippen LogP contribution >= 0.6 is 22.6 Å². The van der Waals surface area contributed by atoms with Crippen molar-refractivity contribution in [3.8, 4) is 0 Å². The first-order chi connectivity index (χ1) is 8.69. The summed E-state index contributed by atoms with van der Waals surface area (Å²) in [6.07, 6.45) is 0. The first kappa shape index (κ1) is 11.7. The number of nitrogens with one attached hydrogen (secondary N) is 1. The Morgan fingerprint density at radius 3 is 2.61 bits per heavy atom. The SMILES string of the molecule is O=c1[nH]c2cc(CO)ccc2c2cc(I)ccc12. The first-order valence-corrected chi connectivity index (χ1v) is 6.62. The third kappa shape index (κ3) is 1.81. The van der Waals surface area contributed by atoms with Gasteiger partial charge in [0, 0.05) is 19.9 Å². The van der Waals surface area contributed by atoms with Crippen LogP contribution in [0.2, 0.25) is 0 Å². The second-order valence-corrected chi connectivity index (χ2v) is 5.43. The molecule has 0 bridgehead atoms. The Labute approximate surface area is 117 Å². The minimum absolute atomic E-state index is 0.0255. The molecule has 1 aromatic heterocycles. The summed E-state index contributed by atoms with van der Waals surface area (Å²) in [6, 6.07) is 11.4. The number of pyridine rings is 1. The zero-order valence-corrected chi connectivity index (χ0v) is 11.6. The molecular weight excluding hydrogens is 341 g/mol. The molecule has 0 aliphatic carbocycles. The molecule has 0 atom stereocenters. The number of aromatic nitrogens is 1. The maximum Gasteiger partial charge on any atom is 0.256 e. The average molecular weight is 351 g/mol. The molecule has 3 nitrogen and oxygen atoms in total. The number of fused-ring (bicyclic) bond motifs is 3. The number of hydrogen-bond donors (Lipinski definition) is 2. The van der Waals surface area contributed by atoms with E-state index < -0.39 is 0 Å². The van der Waals surface area contributed by atoms with Crippen molar-refractivity contribution in [2.24, 2.45) is 0 Å². The van der Waals surface area contributed by atoms with Crippen LogP contribution in [0.4, 0.5) is 0 Å². The average Bonchev–Trinajstić information content (AvgIpc) is 2.38. The van der Waals surface area contributed by atoms with E-state index in [1.165, 1.54) is 0 Å². The largest absolute Gasteiger partial charge is 0.392 e. The minimum Gasteiger partial charge on any atom is -0.392 e. The lowest BCUT2D eigenvalue weighted by Crippen LogP contribution is -2.06. The number of hydrogen-bond acceptors (Lipinski definition) is 2. The summed E-state index contributed by atoms with van der Waals surface area (Å²) >= 11 is 2.23. The van der Waals surface area contributed by atoms with E-state index in [-0.39, 0.29) is 12.2 Å². The van der Waals surface area contributed by atoms with E-state index in [4.69, 9.17) is 5.11 Å². The molecule has 3 aromatic rings. The number of benzene rings is 2. The van der Waals surface area contributed by atoms with Crippen molar-refractivity contribution in [2.75, 3.05) is 0 Å². The van der Waals surface area contributed by atoms with Gasteiger partial charge in [0.1, 0.15) is 0 Å². The quantitative estimate of drug-likeness (QED) is 0.523. The van der Waals surface area contributed by atoms with E-state index in [0.717, 1.165) is 25.4 Å². The van der Waals surface area contributed by atoms with Crippen LogP contribution in [0.3, 0.4) is 0 Å². The maximum atomic E-state index is 12.0. The van der Waals surface area contributed by atoms with Crippen molar-refractivity contribution in [2.45, 2.75) is 6.61 Å². The van der Waals surface area contributed by atoms with Gasteiger partial charge in [-0.25, -0.2) is 0 Å². The summed E-state index contributed by atoms with van der Waals surface area (Å²) in [7, 11) is 0. The second-order valence-electron chi connectivity index (χ2n) is 4.18. The zero-order valence-electron chi connectivity index (χ0n) is 9.40. The fourth-order valence-electron chi connectivity index (χ4n) is 2.15. The van der Waals surface area contributed by atoms with Gasteiger partial charge in [-0.15, -0.1) is 0 Å². The molecule has 2 N–H and O–H groups in total. The zero-order chi connectivity index (χ0) is 12.7. The van der Waals surface area contributed by atoms with Gasteiger partial charge in [-0.05, 0) is 57.8 Å². The number of aliphatic hydroxyl groups excluding tert-OH is 1. The smallest absolute Gasteiger partial charge is 0.256 e. The van der Waals surface area contributed by atoms with Crippen LogP contribution in [0.15, 0.2) is 41.2 Å². The molecule has 0 saturated carbocycles. The Balaban J connectivity index is 2.52. The van der Waals surface area contributed by atoms with E-state index >= 15 is 0 Å². The highest BCUT2D eigenvalue weighted by atomic mass is 127. The maximum absolute atomic E-state index is 12.0. The Morgan fingerprint density at radius 1 is 1.06 bits per heavy atom. The second kappa shape index (κ2) is 4.37. The third-order valence-corrected chi connectivity index (χ3v) is 3.70. The summed E-state index contributed by atoms with van der Waals surface area (Å²) in [4.78, 5) is 14.8. The van der Waals surface area contributed by atoms with E-state index in [1.54, 1.807) is 0 Å². The molecule has 0 fully saturated rings. The predicted octanol–water partition coefficient (Wildman–Crippen LogP) is 2.78. The molecule has 0 radical (unpaired) electrons. The molecule has 2 aromatic carbocycles. The standard InChI is InChI=1S/C14H10INO2/c15-9-2-4-11-12(6-9)10-3-1-8(7-17)5-13(10)16-14(11)18/h1-6,17H,7H2,(H,16,18). The van der Waals surface area contributed by atoms with Gasteiger partial charge in [0.15, 0.2) is 0 Å². The summed E-state index contributed by atoms with van der Waals surface area (Å²) in [5.74, 6) is 0. The van der Waals surface area contributed by atoms with E-state index in [9.17, 15) is 4.79 Å². The Hall–Kier alpha value is -1.40. The number of H-pyrrole nitrogens is 1. The van der Waals surface area contributed by atoms with Crippen molar-refractivity contribution in [1.29, 1.82) is 0 Å². The van der Waals surface area contributed by atoms with Crippen molar-refractivity contribution in [3.05, 3.63) is 55.9 Å². The summed E-state index contributed by atoms with van der Waals surface area (Å²) in [5, 5.41) is 11.8. The summed E-state index contributed by atoms with van der Waals surface area (Å²) < 4.78 is 1.10. The lowest BCUT2D eigenvalue weighted by molar-refractivity contribution is 0.282. The van der Waals surface area contributed by atoms with Gasteiger partial charge in [0.2, 0.25) is 0 Å². The Bertz CT molecular complexity index is 808. The first-order valence-electron chi connectivity index (χ1n) is 5.54. The van der Waals surface area contributed by atoms with E-state index in [1.807, 2.05) is 36.4 Å². The summed E-state index contributed by atoms with van der Waals surface area (Å²) in [5.41, 5.74) is 1.47. The van der Waals surface area contributed by atoms with Gasteiger partial charge in [0.05, 0.1) is 6.61 Å². The van der Waals surface area contributed by atoms with E-state index in [2.05, 4.69) is 27.6 Å². The van der Waals surface area contributed by atoms with Crippen LogP contribution in [-0.2, 0) is 6.61 Å². The molecule has 0 saturated heterocycles. The monoisotopic (exact) mass is 351 g/mol. The molecule has 1 heterocycles. The van der Waals surface area contributed by atoms with Gasteiger partial charge >= 0.3 is 0 Å². The molecule has 18 heavy (non-hydrogen) atoms. The molecule has 4 heteroatoms. The van der Waals surface area contributed by atoms with Gasteiger partial charge in [-0.2, -0.15) is 0 Å². The molecule has 0 aliphatic heterocycles. The molecule has 0 unspecified atom stereocenters. The number of aromatic amines is 1. The van der Waals surface area contributed by atoms with Gasteiger partial charge in [-0.3, -0.25) is 4.79 Å². The third-order valence-electron chi connectivity index (χ3n) is 3.03. The lowest BCUT2D eigenvalue weighted by atomic mass is 10.0. The Kier molecular flexibility index (Phi) is 2.83. The molecule has 3 rings (SSSR count). The summed E-state index contributed by atoms with van der Waals surface area (Å²) in [6.45, 7) is -0.0255. The lowest BCUT2D eigenvalue weighted by Gasteiger charge is -2.05. The number of aliphatic hydroxyl groups is 1. The fourth-order valence-corrected chi connectivity index (χ4v) is 2.65. The van der Waals surface area contributed by atoms with Crippen LogP contribution in [-0.4, -0.2) is 10.1 Å². The van der Waals surface area contributed by atoms with Gasteiger partial charge < -0.3 is 10.1 Å². The van der Waals surface area contributed by atoms with Crippen LogP contribution < -0.4 is 5.56 Å². The fraction of sp³-hybridized carbons (Fsp3) is 0.0714. The van der Waals surface area contributed by atoms with Gasteiger partial charge in [-0.1, -0.05) is 12.1 Å². The number of halogens is 1. The highest BCUT2D eigenvalue weighted by Crippen LogP contribution is 2.23. The molecular formula is C14H10INO2. The highest BCUT2D eigenvalue weighted by Gasteiger charge is 2.06. The van der Waals surface area contributed by atoms with Gasteiger partial charge in [0.25, 0.3) is 5.56 Å². The normalized spacial score (nSPS) is 11.2. The van der Waals surface area contributed by atoms with E-state index in [0.29, 0.717) is 5.39 Å². The predicted molar refractivity (Wildman–Crippen MR) is 80.7 cm³/mol. The van der Waals surface area contributed by atoms with Crippen molar-refractivity contribution < 1.29 is 5.11 Å². The molecule has 0 aliphatic rings. The molecule has 0 amide bonds. The van der Waals surface area contributed by atoms with Crippen LogP contribution in [0.5, 0.6) is 0 Å². The van der Waals surface area contributed by atoms with Crippen LogP contribution in [0.1, 0.15) is 5.56 Å². The topological polar surface area (TPSA) is 53.1 Å². The molecule has 90 valence electrons. The van der Waals surface area contributed by atoms with Crippen molar-refractivity contribution in [1.82, 2.24) is 4.98 Å². The highest BCUT2D eigenvalue weighted by molar-refractivity contribution is 14.1. The van der Waals surface area contributed by atoms with Crippen molar-refractivity contribution in [3.63, 3.8) is 0 Å². The van der Waals surface area contributed by atoms with Crippen molar-refractivity contribution >= 4 is 44.3 Å². The minimum atomic E-state index is -0.0935. The Morgan fingerprint density at radius 2 is 1.83 bits per heavy atom. The van der Waals surface area contributed by atoms with Crippen LogP contribution in [0, 0.1) is 3.57 Å². The number of rotatable bonds is 1. The molecule has 0 spiro atoms.